The fourth-order valence-corrected chi connectivity index (χ4v) is 2.92. The number of esters is 1. The fourth-order valence-electron chi connectivity index (χ4n) is 2.72. The number of benzene rings is 2. The monoisotopic (exact) mass is 384 g/mol. The highest BCUT2D eigenvalue weighted by molar-refractivity contribution is 6.30. The molecule has 0 bridgehead atoms. The van der Waals surface area contributed by atoms with Gasteiger partial charge in [0.25, 0.3) is 0 Å². The Morgan fingerprint density at radius 3 is 2.67 bits per heavy atom. The number of furan rings is 1. The van der Waals surface area contributed by atoms with E-state index in [0.29, 0.717) is 30.4 Å². The van der Waals surface area contributed by atoms with Gasteiger partial charge in [0.05, 0.1) is 13.2 Å². The maximum Gasteiger partial charge on any atom is 0.374 e. The molecule has 0 aliphatic heterocycles. The molecule has 0 atom stereocenters. The third kappa shape index (κ3) is 5.38. The predicted molar refractivity (Wildman–Crippen MR) is 105 cm³/mol. The Balaban J connectivity index is 1.68. The van der Waals surface area contributed by atoms with Crippen LogP contribution >= 0.6 is 11.6 Å². The standard InChI is InChI=1S/C22H21ClO4/c1-2-25-22(24)21-11-9-19(27-21)15-17-14-18(23)8-10-20(17)26-13-12-16-6-4-3-5-7-16/h3-11,14H,2,12-13,15H2,1H3. The van der Waals surface area contributed by atoms with Gasteiger partial charge in [-0.15, -0.1) is 0 Å². The predicted octanol–water partition coefficient (Wildman–Crippen LogP) is 5.32. The van der Waals surface area contributed by atoms with E-state index in [-0.39, 0.29) is 5.76 Å². The average Bonchev–Trinajstić information content (AvgIpc) is 3.13. The number of carbonyl (C=O) groups is 1. The lowest BCUT2D eigenvalue weighted by molar-refractivity contribution is 0.0488. The summed E-state index contributed by atoms with van der Waals surface area (Å²) in [4.78, 5) is 11.7. The molecule has 0 unspecified atom stereocenters. The molecule has 3 aromatic rings. The molecule has 2 aromatic carbocycles. The molecule has 140 valence electrons. The van der Waals surface area contributed by atoms with Crippen LogP contribution in [0.15, 0.2) is 65.1 Å². The van der Waals surface area contributed by atoms with Gasteiger partial charge in [0.15, 0.2) is 0 Å². The molecule has 0 fully saturated rings. The van der Waals surface area contributed by atoms with Gasteiger partial charge in [0.2, 0.25) is 5.76 Å². The quantitative estimate of drug-likeness (QED) is 0.493. The maximum absolute atomic E-state index is 11.7. The molecule has 3 rings (SSSR count). The molecule has 5 heteroatoms. The average molecular weight is 385 g/mol. The summed E-state index contributed by atoms with van der Waals surface area (Å²) in [6, 6.07) is 19.1. The first-order valence-corrected chi connectivity index (χ1v) is 9.24. The zero-order valence-corrected chi connectivity index (χ0v) is 15.9. The Bertz CT molecular complexity index is 886. The molecule has 4 nitrogen and oxygen atoms in total. The van der Waals surface area contributed by atoms with Crippen molar-refractivity contribution >= 4 is 17.6 Å². The van der Waals surface area contributed by atoms with Crippen LogP contribution < -0.4 is 4.74 Å². The van der Waals surface area contributed by atoms with E-state index in [2.05, 4.69) is 12.1 Å². The number of carbonyl (C=O) groups excluding carboxylic acids is 1. The number of halogens is 1. The zero-order chi connectivity index (χ0) is 19.1. The highest BCUT2D eigenvalue weighted by Gasteiger charge is 2.14. The van der Waals surface area contributed by atoms with Gasteiger partial charge in [-0.1, -0.05) is 41.9 Å². The molecule has 0 saturated carbocycles. The number of rotatable bonds is 8. The molecule has 0 aliphatic carbocycles. The molecular formula is C22H21ClO4. The summed E-state index contributed by atoms with van der Waals surface area (Å²) >= 11 is 6.15. The maximum atomic E-state index is 11.7. The van der Waals surface area contributed by atoms with Crippen molar-refractivity contribution in [2.45, 2.75) is 19.8 Å². The van der Waals surface area contributed by atoms with Gasteiger partial charge in [-0.05, 0) is 42.8 Å². The Kier molecular flexibility index (Phi) is 6.55. The second-order valence-electron chi connectivity index (χ2n) is 6.00. The summed E-state index contributed by atoms with van der Waals surface area (Å²) in [7, 11) is 0. The Labute approximate surface area is 163 Å². The third-order valence-electron chi connectivity index (χ3n) is 4.02. The zero-order valence-electron chi connectivity index (χ0n) is 15.1. The first-order valence-electron chi connectivity index (χ1n) is 8.86. The third-order valence-corrected chi connectivity index (χ3v) is 4.25. The van der Waals surface area contributed by atoms with Crippen LogP contribution in [0, 0.1) is 0 Å². The number of ether oxygens (including phenoxy) is 2. The summed E-state index contributed by atoms with van der Waals surface area (Å²) < 4.78 is 16.5. The van der Waals surface area contributed by atoms with E-state index >= 15 is 0 Å². The normalized spacial score (nSPS) is 10.6. The SMILES string of the molecule is CCOC(=O)c1ccc(Cc2cc(Cl)ccc2OCCc2ccccc2)o1. The van der Waals surface area contributed by atoms with Gasteiger partial charge >= 0.3 is 5.97 Å². The largest absolute Gasteiger partial charge is 0.493 e. The molecule has 0 amide bonds. The lowest BCUT2D eigenvalue weighted by Gasteiger charge is -2.11. The fraction of sp³-hybridized carbons (Fsp3) is 0.227. The van der Waals surface area contributed by atoms with E-state index < -0.39 is 5.97 Å². The van der Waals surface area contributed by atoms with Crippen molar-refractivity contribution in [2.24, 2.45) is 0 Å². The van der Waals surface area contributed by atoms with Crippen LogP contribution in [0.2, 0.25) is 5.02 Å². The minimum absolute atomic E-state index is 0.195. The van der Waals surface area contributed by atoms with Crippen LogP contribution in [0.3, 0.4) is 0 Å². The van der Waals surface area contributed by atoms with Crippen molar-refractivity contribution in [3.8, 4) is 5.75 Å². The van der Waals surface area contributed by atoms with Gasteiger partial charge in [-0.25, -0.2) is 4.79 Å². The molecule has 27 heavy (non-hydrogen) atoms. The van der Waals surface area contributed by atoms with Crippen molar-refractivity contribution < 1.29 is 18.7 Å². The van der Waals surface area contributed by atoms with Crippen LogP contribution in [-0.2, 0) is 17.6 Å². The van der Waals surface area contributed by atoms with Crippen LogP contribution in [-0.4, -0.2) is 19.2 Å². The molecule has 0 N–H and O–H groups in total. The van der Waals surface area contributed by atoms with Crippen molar-refractivity contribution in [3.05, 3.63) is 88.3 Å². The lowest BCUT2D eigenvalue weighted by Crippen LogP contribution is -2.04. The van der Waals surface area contributed by atoms with Gasteiger partial charge in [-0.2, -0.15) is 0 Å². The van der Waals surface area contributed by atoms with Crippen LogP contribution in [0.5, 0.6) is 5.75 Å². The summed E-state index contributed by atoms with van der Waals surface area (Å²) in [5, 5.41) is 0.623. The summed E-state index contributed by atoms with van der Waals surface area (Å²) in [5.41, 5.74) is 2.12. The number of hydrogen-bond donors (Lipinski definition) is 0. The van der Waals surface area contributed by atoms with Crippen LogP contribution in [0.4, 0.5) is 0 Å². The molecule has 0 saturated heterocycles. The second-order valence-corrected chi connectivity index (χ2v) is 6.44. The summed E-state index contributed by atoms with van der Waals surface area (Å²) in [6.45, 7) is 2.63. The summed E-state index contributed by atoms with van der Waals surface area (Å²) in [6.07, 6.45) is 1.29. The van der Waals surface area contributed by atoms with E-state index in [4.69, 9.17) is 25.5 Å². The Morgan fingerprint density at radius 2 is 1.89 bits per heavy atom. The second kappa shape index (κ2) is 9.28. The van der Waals surface area contributed by atoms with Crippen molar-refractivity contribution in [3.63, 3.8) is 0 Å². The summed E-state index contributed by atoms with van der Waals surface area (Å²) in [5.74, 6) is 1.13. The van der Waals surface area contributed by atoms with Crippen molar-refractivity contribution in [2.75, 3.05) is 13.2 Å². The lowest BCUT2D eigenvalue weighted by atomic mass is 10.1. The van der Waals surface area contributed by atoms with E-state index in [1.807, 2.05) is 30.3 Å². The van der Waals surface area contributed by atoms with Gasteiger partial charge in [-0.3, -0.25) is 0 Å². The van der Waals surface area contributed by atoms with Crippen LogP contribution in [0.25, 0.3) is 0 Å². The Morgan fingerprint density at radius 1 is 1.07 bits per heavy atom. The number of hydrogen-bond acceptors (Lipinski definition) is 4. The molecule has 1 aromatic heterocycles. The van der Waals surface area contributed by atoms with Crippen LogP contribution in [0.1, 0.15) is 34.4 Å². The first-order chi connectivity index (χ1) is 13.2. The van der Waals surface area contributed by atoms with Crippen molar-refractivity contribution in [1.82, 2.24) is 0 Å². The molecule has 0 radical (unpaired) electrons. The van der Waals surface area contributed by atoms with Gasteiger partial charge in [0, 0.05) is 23.4 Å². The Hall–Kier alpha value is -2.72. The van der Waals surface area contributed by atoms with Gasteiger partial charge in [0.1, 0.15) is 11.5 Å². The first kappa shape index (κ1) is 19.1. The minimum atomic E-state index is -0.464. The molecule has 0 aliphatic rings. The minimum Gasteiger partial charge on any atom is -0.493 e. The highest BCUT2D eigenvalue weighted by Crippen LogP contribution is 2.26. The van der Waals surface area contributed by atoms with Crippen molar-refractivity contribution in [1.29, 1.82) is 0 Å². The van der Waals surface area contributed by atoms with E-state index in [1.54, 1.807) is 25.1 Å². The van der Waals surface area contributed by atoms with E-state index in [1.165, 1.54) is 5.56 Å². The molecular weight excluding hydrogens is 364 g/mol. The molecule has 1 heterocycles. The van der Waals surface area contributed by atoms with E-state index in [0.717, 1.165) is 17.7 Å². The molecule has 0 spiro atoms. The highest BCUT2D eigenvalue weighted by atomic mass is 35.5. The van der Waals surface area contributed by atoms with E-state index in [9.17, 15) is 4.79 Å². The topological polar surface area (TPSA) is 48.7 Å². The smallest absolute Gasteiger partial charge is 0.374 e. The van der Waals surface area contributed by atoms with Gasteiger partial charge < -0.3 is 13.9 Å².